The smallest absolute Gasteiger partial charge is 0.156 e. The summed E-state index contributed by atoms with van der Waals surface area (Å²) in [6, 6.07) is 77.8. The van der Waals surface area contributed by atoms with E-state index in [2.05, 4.69) is 232 Å². The van der Waals surface area contributed by atoms with Crippen molar-refractivity contribution < 1.29 is 32.0 Å². The Balaban J connectivity index is 0.000000136. The Labute approximate surface area is 921 Å². The van der Waals surface area contributed by atoms with Crippen molar-refractivity contribution in [2.45, 2.75) is 6.42 Å². The van der Waals surface area contributed by atoms with Gasteiger partial charge in [0, 0.05) is 37.3 Å². The Morgan fingerprint density at radius 2 is 0.761 bits per heavy atom. The van der Waals surface area contributed by atoms with Crippen LogP contribution in [0.4, 0.5) is 11.4 Å². The van der Waals surface area contributed by atoms with Gasteiger partial charge in [-0.2, -0.15) is 30.6 Å². The number of benzene rings is 5. The summed E-state index contributed by atoms with van der Waals surface area (Å²) in [7, 11) is 1.95. The number of thiophene rings is 13. The third-order valence-corrected chi connectivity index (χ3v) is 41.2. The van der Waals surface area contributed by atoms with Crippen molar-refractivity contribution in [2.75, 3.05) is 25.7 Å². The molecule has 0 aliphatic heterocycles. The van der Waals surface area contributed by atoms with Crippen molar-refractivity contribution in [3.05, 3.63) is 302 Å². The van der Waals surface area contributed by atoms with Gasteiger partial charge in [-0.1, -0.05) is 41.7 Å². The van der Waals surface area contributed by atoms with Gasteiger partial charge in [0.1, 0.15) is 11.0 Å². The van der Waals surface area contributed by atoms with Gasteiger partial charge in [-0.05, 0) is 134 Å². The number of allylic oxidation sites excluding steroid dienone is 1. The van der Waals surface area contributed by atoms with E-state index >= 15 is 0 Å². The number of nitriles is 2. The molecule has 45 heteroatoms. The number of aldehydes is 1. The topological polar surface area (TPSA) is 317 Å². The van der Waals surface area contributed by atoms with Crippen molar-refractivity contribution in [1.29, 1.82) is 10.5 Å². The van der Waals surface area contributed by atoms with Gasteiger partial charge in [-0.3, -0.25) is 0 Å². The first kappa shape index (κ1) is 105. The maximum absolute atomic E-state index is 11.0. The normalized spacial score (nSPS) is 10.9. The zero-order valence-corrected chi connectivity index (χ0v) is 98.0. The van der Waals surface area contributed by atoms with Crippen LogP contribution < -0.4 is 25.7 Å². The van der Waals surface area contributed by atoms with E-state index in [0.29, 0.717) is 33.8 Å². The van der Waals surface area contributed by atoms with E-state index in [1.165, 1.54) is 94.5 Å². The van der Waals surface area contributed by atoms with E-state index in [1.54, 1.807) is 134 Å². The predicted octanol–water partition coefficient (Wildman–Crippen LogP) is 29.8. The molecular weight excluding hydrogens is 2670 g/mol. The van der Waals surface area contributed by atoms with Gasteiger partial charge in [0.25, 0.3) is 0 Å². The number of hydrogen-bond donors (Lipinski definition) is 4. The quantitative estimate of drug-likeness (QED) is 0.0204. The molecule has 0 bridgehead atoms. The number of carbonyl (C=O) groups is 1. The van der Waals surface area contributed by atoms with Gasteiger partial charge in [-0.25, -0.2) is 0 Å². The number of nitrogens with two attached hydrogens (primary N) is 2. The number of hydrogen-bond acceptors (Lipinski definition) is 33. The fourth-order valence-corrected chi connectivity index (χ4v) is 31.7. The Hall–Kier alpha value is -7.82. The SMILES string of the molecule is Brc1ccc(Br)c2n[se]nc12.Brc1ccc(Br)c2nsnc12.COc1ccc(-c2ccc(-c3ccc(-c4ccc(-c5ccc(C=O)s5)s4)c4n[se]nc34)s2)s1.COc1ccc(-c2ccc(B(O)O)s2)s1.N#CCc1cccs1.Nc1c(Br)ccc(Br)c1N.O=[Se]=O.[C-]#[N+]/C(=C\c1ccc(-c2ccc(-c3ccc(-c4ccc(-c5ccc(/C=C(\C#N)c6cccs6)s5)s4)c4n[se]nc34)s2)s1)c1cccs1. The molecule has 22 aromatic rings. The number of nitrogen functional groups attached to an aromatic ring is 2. The number of ether oxygens (including phenoxy) is 2. The van der Waals surface area contributed by atoms with Crippen LogP contribution in [0.1, 0.15) is 34.1 Å². The fraction of sp³-hybridized carbons (Fsp3) is 0.0323. The number of methoxy groups -OCH3 is 2. The first-order valence-corrected chi connectivity index (χ1v) is 61.6. The summed E-state index contributed by atoms with van der Waals surface area (Å²) >= 11 is 40.8. The van der Waals surface area contributed by atoms with E-state index in [0.717, 1.165) is 158 Å². The summed E-state index contributed by atoms with van der Waals surface area (Å²) in [4.78, 5) is 37.1. The van der Waals surface area contributed by atoms with E-state index in [4.69, 9.17) is 66.4 Å². The number of rotatable bonds is 18. The molecule has 22 rings (SSSR count). The van der Waals surface area contributed by atoms with Gasteiger partial charge >= 0.3 is 564 Å². The second kappa shape index (κ2) is 50.9. The number of aromatic nitrogens is 8. The second-order valence-electron chi connectivity index (χ2n) is 27.4. The summed E-state index contributed by atoms with van der Waals surface area (Å²) in [6.45, 7) is 7.62. The third-order valence-electron chi connectivity index (χ3n) is 19.0. The van der Waals surface area contributed by atoms with Crippen LogP contribution in [0.2, 0.25) is 0 Å². The summed E-state index contributed by atoms with van der Waals surface area (Å²) in [5.74, 6) is 0. The number of carbonyl (C=O) groups excluding carboxylic acids is 1. The summed E-state index contributed by atoms with van der Waals surface area (Å²) in [5, 5.41) is 43.6. The van der Waals surface area contributed by atoms with Crippen molar-refractivity contribution >= 4 is 412 Å². The first-order chi connectivity index (χ1) is 67.1. The zero-order valence-electron chi connectivity index (χ0n) is 70.2. The monoisotopic (exact) mass is 2720 g/mol. The molecule has 0 amide bonds. The van der Waals surface area contributed by atoms with Crippen LogP contribution in [0.3, 0.4) is 0 Å². The molecule has 0 radical (unpaired) electrons. The minimum atomic E-state index is -1.62. The number of anilines is 2. The van der Waals surface area contributed by atoms with E-state index in [1.807, 2.05) is 137 Å². The molecular formula is C93H56BBr6N13O7S14Se4. The minimum absolute atomic E-state index is 0.0503. The molecule has 138 heavy (non-hydrogen) atoms. The van der Waals surface area contributed by atoms with E-state index in [-0.39, 0.29) is 44.9 Å². The van der Waals surface area contributed by atoms with Crippen LogP contribution in [-0.4, -0.2) is 130 Å². The van der Waals surface area contributed by atoms with Crippen molar-refractivity contribution in [3.8, 4) is 113 Å². The first-order valence-electron chi connectivity index (χ1n) is 39.3. The summed E-state index contributed by atoms with van der Waals surface area (Å²) in [5.41, 5.74) is 26.0. The van der Waals surface area contributed by atoms with Gasteiger partial charge < -0.3 is 26.3 Å². The van der Waals surface area contributed by atoms with Crippen LogP contribution in [-0.2, 0) is 14.1 Å². The van der Waals surface area contributed by atoms with Crippen molar-refractivity contribution in [3.63, 3.8) is 0 Å². The molecule has 20 nitrogen and oxygen atoms in total. The number of fused-ring (bicyclic) bond motifs is 4. The minimum Gasteiger partial charge on any atom is -0.156 e. The average molecular weight is 2720 g/mol. The summed E-state index contributed by atoms with van der Waals surface area (Å²) < 4.78 is 69.7. The molecule has 0 spiro atoms. The summed E-state index contributed by atoms with van der Waals surface area (Å²) in [6.07, 6.45) is 5.42. The zero-order chi connectivity index (χ0) is 96.9. The maximum atomic E-state index is 11.0. The average Bonchev–Trinajstić information content (AvgIpc) is 1.62. The van der Waals surface area contributed by atoms with Crippen LogP contribution >= 0.6 is 255 Å². The van der Waals surface area contributed by atoms with Crippen LogP contribution in [0.25, 0.3) is 163 Å². The Morgan fingerprint density at radius 1 is 0.420 bits per heavy atom. The van der Waals surface area contributed by atoms with E-state index in [9.17, 15) is 10.1 Å². The molecule has 5 aromatic carbocycles. The molecule has 688 valence electrons. The molecule has 6 N–H and O–H groups in total. The molecule has 17 heterocycles. The number of nitrogens with zero attached hydrogens (tertiary/aromatic N) is 11. The standard InChI is InChI=1S/C36H18N4S6Se.C24H14N2O2S4Se.C9H9BO3S2.C6H2Br2N2S.C6H2Br2N2Se.C6H6Br2N2.C6H5NS.O2Se/c1-38-26(30-5-3-17-42-30)19-23-7-11-32(44-23)34-15-13-29(46-34)25-9-8-24(35-36(25)40-47-39-35)28-12-14-33(45-28)31-10-6-22(43-31)18-21(20-37)27-4-2-16-41-27;1-28-22-11-10-21(32-22)20-9-7-17(31-20)15-4-3-14(23-24(15)26-33-25-23)16-6-8-19(30-16)18-5-2-13(12-27)29-18;1-13-9-5-3-7(15-9)6-2-4-8(14-6)10(11)12;2*7-3-1-2-4(8)6-5(3)9-11-10-6;7-3-1-2-4(8)6(10)5(3)9;7-4-3-6-2-1-5-8-6;1-3-2/h2-19H;2-12H,1H3;2-5,11-12H,1H3;2*1-2H;1-2H,9-10H2;1-2,5H,3H2;/b21-18+,26-19-;;;;;;;. The molecule has 0 saturated carbocycles. The Bertz CT molecular complexity index is 7850. The van der Waals surface area contributed by atoms with Crippen LogP contribution in [0.5, 0.6) is 10.1 Å². The fourth-order valence-electron chi connectivity index (χ4n) is 12.5. The van der Waals surface area contributed by atoms with E-state index < -0.39 is 21.9 Å². The molecule has 0 saturated heterocycles. The molecule has 0 unspecified atom stereocenters. The van der Waals surface area contributed by atoms with Crippen molar-refractivity contribution in [2.24, 2.45) is 0 Å². The molecule has 0 aliphatic rings. The number of halogens is 6. The van der Waals surface area contributed by atoms with Gasteiger partial charge in [0.05, 0.1) is 49.3 Å². The van der Waals surface area contributed by atoms with Crippen LogP contribution in [0, 0.1) is 29.2 Å². The Morgan fingerprint density at radius 3 is 1.12 bits per heavy atom. The molecule has 0 aliphatic carbocycles. The van der Waals surface area contributed by atoms with Gasteiger partial charge in [-0.15, -0.1) is 34.0 Å². The second-order valence-corrected chi connectivity index (χ2v) is 50.5. The molecule has 17 aromatic heterocycles. The van der Waals surface area contributed by atoms with Gasteiger partial charge in [0.15, 0.2) is 5.06 Å². The van der Waals surface area contributed by atoms with Crippen LogP contribution in [0.15, 0.2) is 261 Å². The van der Waals surface area contributed by atoms with Crippen molar-refractivity contribution in [1.82, 2.24) is 32.6 Å². The predicted molar refractivity (Wildman–Crippen MR) is 608 cm³/mol. The molecule has 0 fully saturated rings. The Kier molecular flexibility index (Phi) is 38.6. The van der Waals surface area contributed by atoms with Gasteiger partial charge in [0.2, 0.25) is 0 Å². The third kappa shape index (κ3) is 26.2. The molecule has 0 atom stereocenters.